The molecular weight excluding hydrogens is 465 g/mol. The number of hydrazone groups is 1. The fourth-order valence-electron chi connectivity index (χ4n) is 2.78. The summed E-state index contributed by atoms with van der Waals surface area (Å²) in [5.74, 6) is 2.26. The van der Waals surface area contributed by atoms with Crippen molar-refractivity contribution in [2.45, 2.75) is 26.8 Å². The third-order valence-corrected chi connectivity index (χ3v) is 4.93. The van der Waals surface area contributed by atoms with E-state index in [1.165, 1.54) is 18.3 Å². The van der Waals surface area contributed by atoms with Crippen LogP contribution in [-0.2, 0) is 4.79 Å². The second-order valence-electron chi connectivity index (χ2n) is 7.19. The molecule has 9 heteroatoms. The Morgan fingerprint density at radius 2 is 1.91 bits per heavy atom. The van der Waals surface area contributed by atoms with Crippen LogP contribution in [-0.4, -0.2) is 37.3 Å². The first kappa shape index (κ1) is 26.0. The molecule has 0 aliphatic heterocycles. The Morgan fingerprint density at radius 1 is 1.15 bits per heavy atom. The lowest BCUT2D eigenvalue weighted by Crippen LogP contribution is -2.48. The first-order chi connectivity index (χ1) is 15.8. The summed E-state index contributed by atoms with van der Waals surface area (Å²) >= 11 is 12.0. The lowest BCUT2D eigenvalue weighted by Gasteiger charge is -2.20. The molecule has 0 saturated carbocycles. The number of hydrogen-bond acceptors (Lipinski definition) is 5. The van der Waals surface area contributed by atoms with E-state index < -0.39 is 17.9 Å². The molecule has 33 heavy (non-hydrogen) atoms. The Labute approximate surface area is 203 Å². The number of nitrogens with zero attached hydrogens (tertiary/aromatic N) is 1. The van der Waals surface area contributed by atoms with E-state index in [0.29, 0.717) is 28.7 Å². The molecule has 0 aromatic heterocycles. The van der Waals surface area contributed by atoms with Crippen molar-refractivity contribution in [2.75, 3.05) is 13.2 Å². The van der Waals surface area contributed by atoms with Gasteiger partial charge in [-0.15, -0.1) is 6.42 Å². The molecular formula is C24H25Cl2N3O4. The molecule has 174 valence electrons. The van der Waals surface area contributed by atoms with Gasteiger partial charge in [0.25, 0.3) is 11.8 Å². The molecule has 0 bridgehead atoms. The standard InChI is InChI=1S/C24H25Cl2N3O4/c1-5-11-33-20-10-7-16(12-21(20)32-6-2)14-27-29-24(31)22(15(3)4)28-23(30)18-9-8-17(25)13-19(18)26/h1,7-10,12-15,22H,6,11H2,2-4H3,(H,28,30)(H,29,31). The number of hydrogen-bond donors (Lipinski definition) is 2. The molecule has 7 nitrogen and oxygen atoms in total. The molecule has 0 spiro atoms. The topological polar surface area (TPSA) is 89.0 Å². The molecule has 1 unspecified atom stereocenters. The summed E-state index contributed by atoms with van der Waals surface area (Å²) in [6, 6.07) is 8.85. The van der Waals surface area contributed by atoms with Crippen LogP contribution >= 0.6 is 23.2 Å². The lowest BCUT2D eigenvalue weighted by atomic mass is 10.0. The van der Waals surface area contributed by atoms with E-state index in [-0.39, 0.29) is 23.1 Å². The van der Waals surface area contributed by atoms with Crippen LogP contribution in [0.1, 0.15) is 36.7 Å². The van der Waals surface area contributed by atoms with E-state index >= 15 is 0 Å². The maximum Gasteiger partial charge on any atom is 0.262 e. The Morgan fingerprint density at radius 3 is 2.55 bits per heavy atom. The van der Waals surface area contributed by atoms with Gasteiger partial charge >= 0.3 is 0 Å². The minimum absolute atomic E-state index is 0.118. The second-order valence-corrected chi connectivity index (χ2v) is 8.03. The SMILES string of the molecule is C#CCOc1ccc(C=NNC(=O)C(NC(=O)c2ccc(Cl)cc2Cl)C(C)C)cc1OCC. The molecule has 0 saturated heterocycles. The zero-order chi connectivity index (χ0) is 24.4. The normalized spacial score (nSPS) is 11.7. The molecule has 0 aliphatic carbocycles. The van der Waals surface area contributed by atoms with Gasteiger partial charge in [0.15, 0.2) is 11.5 Å². The van der Waals surface area contributed by atoms with Gasteiger partial charge in [-0.2, -0.15) is 5.10 Å². The molecule has 2 N–H and O–H groups in total. The van der Waals surface area contributed by atoms with Crippen molar-refractivity contribution in [1.82, 2.24) is 10.7 Å². The van der Waals surface area contributed by atoms with Gasteiger partial charge in [0, 0.05) is 5.02 Å². The minimum atomic E-state index is -0.833. The lowest BCUT2D eigenvalue weighted by molar-refractivity contribution is -0.123. The Kier molecular flexibility index (Phi) is 10.0. The zero-order valence-corrected chi connectivity index (χ0v) is 20.0. The number of terminal acetylenes is 1. The summed E-state index contributed by atoms with van der Waals surface area (Å²) in [7, 11) is 0. The monoisotopic (exact) mass is 489 g/mol. The van der Waals surface area contributed by atoms with Crippen molar-refractivity contribution in [3.8, 4) is 23.8 Å². The summed E-state index contributed by atoms with van der Waals surface area (Å²) in [4.78, 5) is 25.3. The number of nitrogens with one attached hydrogen (secondary N) is 2. The van der Waals surface area contributed by atoms with Crippen LogP contribution < -0.4 is 20.2 Å². The van der Waals surface area contributed by atoms with Crippen molar-refractivity contribution < 1.29 is 19.1 Å². The van der Waals surface area contributed by atoms with Gasteiger partial charge in [-0.25, -0.2) is 5.43 Å². The number of benzene rings is 2. The predicted octanol–water partition coefficient (Wildman–Crippen LogP) is 4.31. The van der Waals surface area contributed by atoms with Crippen LogP contribution in [0.15, 0.2) is 41.5 Å². The number of halogens is 2. The summed E-state index contributed by atoms with van der Waals surface area (Å²) in [6.45, 7) is 6.02. The van der Waals surface area contributed by atoms with Gasteiger partial charge < -0.3 is 14.8 Å². The summed E-state index contributed by atoms with van der Waals surface area (Å²) in [5.41, 5.74) is 3.35. The van der Waals surface area contributed by atoms with Gasteiger partial charge in [0.2, 0.25) is 0 Å². The van der Waals surface area contributed by atoms with Crippen molar-refractivity contribution in [1.29, 1.82) is 0 Å². The van der Waals surface area contributed by atoms with Gasteiger partial charge in [-0.1, -0.05) is 43.0 Å². The van der Waals surface area contributed by atoms with Crippen molar-refractivity contribution in [2.24, 2.45) is 11.0 Å². The summed E-state index contributed by atoms with van der Waals surface area (Å²) in [5, 5.41) is 7.29. The third-order valence-electron chi connectivity index (χ3n) is 4.38. The van der Waals surface area contributed by atoms with Gasteiger partial charge in [0.1, 0.15) is 12.6 Å². The highest BCUT2D eigenvalue weighted by atomic mass is 35.5. The molecule has 0 fully saturated rings. The summed E-state index contributed by atoms with van der Waals surface area (Å²) in [6.07, 6.45) is 6.69. The van der Waals surface area contributed by atoms with E-state index in [4.69, 9.17) is 39.1 Å². The molecule has 0 heterocycles. The fraction of sp³-hybridized carbons (Fsp3) is 0.292. The third kappa shape index (κ3) is 7.70. The van der Waals surface area contributed by atoms with Crippen molar-refractivity contribution in [3.63, 3.8) is 0 Å². The van der Waals surface area contributed by atoms with Gasteiger partial charge in [-0.3, -0.25) is 9.59 Å². The van der Waals surface area contributed by atoms with E-state index in [9.17, 15) is 9.59 Å². The summed E-state index contributed by atoms with van der Waals surface area (Å²) < 4.78 is 11.0. The van der Waals surface area contributed by atoms with Gasteiger partial charge in [0.05, 0.1) is 23.4 Å². The maximum absolute atomic E-state index is 12.7. The first-order valence-electron chi connectivity index (χ1n) is 10.2. The van der Waals surface area contributed by atoms with E-state index in [1.54, 1.807) is 38.1 Å². The Balaban J connectivity index is 2.07. The Bertz CT molecular complexity index is 1060. The van der Waals surface area contributed by atoms with E-state index in [1.807, 2.05) is 6.92 Å². The molecule has 2 rings (SSSR count). The van der Waals surface area contributed by atoms with Crippen molar-refractivity contribution in [3.05, 3.63) is 57.6 Å². The number of ether oxygens (including phenoxy) is 2. The quantitative estimate of drug-likeness (QED) is 0.295. The highest BCUT2D eigenvalue weighted by Gasteiger charge is 2.25. The van der Waals surface area contributed by atoms with Crippen molar-refractivity contribution >= 4 is 41.2 Å². The highest BCUT2D eigenvalue weighted by molar-refractivity contribution is 6.36. The van der Waals surface area contributed by atoms with Crippen LogP contribution in [0.5, 0.6) is 11.5 Å². The predicted molar refractivity (Wildman–Crippen MR) is 130 cm³/mol. The average Bonchev–Trinajstić information content (AvgIpc) is 2.76. The molecule has 0 radical (unpaired) electrons. The number of carbonyl (C=O) groups excluding carboxylic acids is 2. The minimum Gasteiger partial charge on any atom is -0.490 e. The molecule has 0 aliphatic rings. The van der Waals surface area contributed by atoms with Crippen LogP contribution in [0, 0.1) is 18.3 Å². The highest BCUT2D eigenvalue weighted by Crippen LogP contribution is 2.28. The maximum atomic E-state index is 12.7. The van der Waals surface area contributed by atoms with Crippen LogP contribution in [0.4, 0.5) is 0 Å². The van der Waals surface area contributed by atoms with Gasteiger partial charge in [-0.05, 0) is 54.8 Å². The molecule has 2 amide bonds. The number of carbonyl (C=O) groups is 2. The van der Waals surface area contributed by atoms with E-state index in [2.05, 4.69) is 21.8 Å². The number of amides is 2. The number of rotatable bonds is 10. The molecule has 2 aromatic rings. The second kappa shape index (κ2) is 12.7. The smallest absolute Gasteiger partial charge is 0.262 e. The van der Waals surface area contributed by atoms with E-state index in [0.717, 1.165) is 0 Å². The van der Waals surface area contributed by atoms with Crippen LogP contribution in [0.2, 0.25) is 10.0 Å². The van der Waals surface area contributed by atoms with Crippen LogP contribution in [0.3, 0.4) is 0 Å². The average molecular weight is 490 g/mol. The molecule has 1 atom stereocenters. The fourth-order valence-corrected chi connectivity index (χ4v) is 3.27. The molecule has 2 aromatic carbocycles. The van der Waals surface area contributed by atoms with Crippen LogP contribution in [0.25, 0.3) is 0 Å². The largest absolute Gasteiger partial charge is 0.490 e. The Hall–Kier alpha value is -3.21. The zero-order valence-electron chi connectivity index (χ0n) is 18.5. The first-order valence-corrected chi connectivity index (χ1v) is 10.9.